The molecule has 0 amide bonds. The van der Waals surface area contributed by atoms with Gasteiger partial charge in [0.15, 0.2) is 6.29 Å². The van der Waals surface area contributed by atoms with Gasteiger partial charge in [-0.1, -0.05) is 37.3 Å². The van der Waals surface area contributed by atoms with E-state index in [1.54, 1.807) is 12.1 Å². The summed E-state index contributed by atoms with van der Waals surface area (Å²) in [4.78, 5) is 11.0. The molecular weight excluding hydrogens is 264 g/mol. The van der Waals surface area contributed by atoms with E-state index in [-0.39, 0.29) is 13.4 Å². The van der Waals surface area contributed by atoms with Crippen LogP contribution in [0.5, 0.6) is 0 Å². The predicted octanol–water partition coefficient (Wildman–Crippen LogP) is 1.38. The van der Waals surface area contributed by atoms with E-state index in [4.69, 9.17) is 19.3 Å². The Morgan fingerprint density at radius 1 is 1.25 bits per heavy atom. The monoisotopic (exact) mass is 284 g/mol. The summed E-state index contributed by atoms with van der Waals surface area (Å²) in [6, 6.07) is 9.09. The minimum Gasteiger partial charge on any atom is -0.479 e. The van der Waals surface area contributed by atoms with Crippen molar-refractivity contribution in [3.63, 3.8) is 0 Å². The van der Waals surface area contributed by atoms with Crippen LogP contribution in [0.25, 0.3) is 0 Å². The van der Waals surface area contributed by atoms with E-state index in [9.17, 15) is 9.90 Å². The number of aliphatic hydroxyl groups excluding tert-OH is 1. The zero-order valence-electron chi connectivity index (χ0n) is 11.4. The molecule has 20 heavy (non-hydrogen) atoms. The van der Waals surface area contributed by atoms with E-state index in [2.05, 4.69) is 0 Å². The Labute approximate surface area is 117 Å². The van der Waals surface area contributed by atoms with Crippen molar-refractivity contribution >= 4 is 5.97 Å². The predicted molar refractivity (Wildman–Crippen MR) is 70.9 cm³/mol. The van der Waals surface area contributed by atoms with Crippen molar-refractivity contribution in [1.29, 1.82) is 0 Å². The van der Waals surface area contributed by atoms with Gasteiger partial charge in [-0.15, -0.1) is 0 Å². The van der Waals surface area contributed by atoms with Gasteiger partial charge in [0.05, 0.1) is 6.61 Å². The average molecular weight is 284 g/mol. The van der Waals surface area contributed by atoms with Crippen LogP contribution in [0.15, 0.2) is 30.3 Å². The summed E-state index contributed by atoms with van der Waals surface area (Å²) in [5, 5.41) is 18.7. The quantitative estimate of drug-likeness (QED) is 0.498. The van der Waals surface area contributed by atoms with Crippen molar-refractivity contribution < 1.29 is 29.2 Å². The van der Waals surface area contributed by atoms with Gasteiger partial charge in [-0.05, 0) is 12.0 Å². The van der Waals surface area contributed by atoms with E-state index < -0.39 is 18.4 Å². The number of hydrogen-bond donors (Lipinski definition) is 2. The molecule has 0 radical (unpaired) electrons. The lowest BCUT2D eigenvalue weighted by molar-refractivity contribution is -0.226. The van der Waals surface area contributed by atoms with E-state index in [0.29, 0.717) is 6.61 Å². The van der Waals surface area contributed by atoms with Gasteiger partial charge in [-0.25, -0.2) is 4.79 Å². The van der Waals surface area contributed by atoms with Gasteiger partial charge in [-0.3, -0.25) is 0 Å². The smallest absolute Gasteiger partial charge is 0.338 e. The molecule has 1 aromatic carbocycles. The van der Waals surface area contributed by atoms with Crippen molar-refractivity contribution in [3.05, 3.63) is 35.9 Å². The molecule has 0 saturated heterocycles. The summed E-state index contributed by atoms with van der Waals surface area (Å²) in [5.41, 5.74) is 0.813. The van der Waals surface area contributed by atoms with Gasteiger partial charge in [0.25, 0.3) is 0 Å². The van der Waals surface area contributed by atoms with E-state index in [0.717, 1.165) is 12.0 Å². The maximum absolute atomic E-state index is 11.0. The van der Waals surface area contributed by atoms with Crippen molar-refractivity contribution in [1.82, 2.24) is 0 Å². The minimum atomic E-state index is -1.58. The second kappa shape index (κ2) is 9.44. The maximum Gasteiger partial charge on any atom is 0.338 e. The molecule has 0 aromatic heterocycles. The first-order valence-electron chi connectivity index (χ1n) is 6.41. The Morgan fingerprint density at radius 3 is 2.55 bits per heavy atom. The molecule has 2 N–H and O–H groups in total. The third kappa shape index (κ3) is 6.12. The summed E-state index contributed by atoms with van der Waals surface area (Å²) >= 11 is 0. The Hall–Kier alpha value is -1.47. The van der Waals surface area contributed by atoms with Crippen LogP contribution in [0.4, 0.5) is 0 Å². The third-order valence-corrected chi connectivity index (χ3v) is 2.45. The van der Waals surface area contributed by atoms with Gasteiger partial charge < -0.3 is 24.4 Å². The number of ether oxygens (including phenoxy) is 3. The lowest BCUT2D eigenvalue weighted by Crippen LogP contribution is -2.38. The summed E-state index contributed by atoms with van der Waals surface area (Å²) in [5.74, 6) is -1.29. The van der Waals surface area contributed by atoms with E-state index in [1.165, 1.54) is 0 Å². The highest BCUT2D eigenvalue weighted by molar-refractivity contribution is 5.72. The zero-order valence-corrected chi connectivity index (χ0v) is 11.4. The Bertz CT molecular complexity index is 381. The molecule has 6 nitrogen and oxygen atoms in total. The Morgan fingerprint density at radius 2 is 1.95 bits per heavy atom. The van der Waals surface area contributed by atoms with Gasteiger partial charge in [0.2, 0.25) is 6.10 Å². The second-order valence-corrected chi connectivity index (χ2v) is 4.14. The number of carboxylic acid groups (broad SMARTS) is 1. The average Bonchev–Trinajstić information content (AvgIpc) is 2.44. The van der Waals surface area contributed by atoms with Crippen LogP contribution in [0.2, 0.25) is 0 Å². The molecule has 0 heterocycles. The fourth-order valence-electron chi connectivity index (χ4n) is 1.44. The molecule has 0 bridgehead atoms. The van der Waals surface area contributed by atoms with Crippen LogP contribution < -0.4 is 0 Å². The molecule has 2 unspecified atom stereocenters. The summed E-state index contributed by atoms with van der Waals surface area (Å²) in [6.07, 6.45) is -2.22. The second-order valence-electron chi connectivity index (χ2n) is 4.14. The van der Waals surface area contributed by atoms with Crippen LogP contribution in [0, 0.1) is 0 Å². The molecule has 0 aliphatic carbocycles. The number of aliphatic hydroxyl groups is 1. The fraction of sp³-hybridized carbons (Fsp3) is 0.500. The Kier molecular flexibility index (Phi) is 7.82. The molecule has 0 aliphatic rings. The molecule has 0 saturated carbocycles. The number of aliphatic carboxylic acids is 1. The minimum absolute atomic E-state index is 0.0774. The SMILES string of the molecule is CCCOCOC(O)C(OCc1ccccc1)C(=O)O. The molecule has 1 rings (SSSR count). The largest absolute Gasteiger partial charge is 0.479 e. The Balaban J connectivity index is 2.41. The molecule has 0 fully saturated rings. The first-order chi connectivity index (χ1) is 9.65. The number of rotatable bonds is 10. The molecule has 0 aliphatic heterocycles. The molecule has 6 heteroatoms. The summed E-state index contributed by atoms with van der Waals surface area (Å²) in [7, 11) is 0. The molecule has 112 valence electrons. The van der Waals surface area contributed by atoms with Crippen LogP contribution in [0.1, 0.15) is 18.9 Å². The zero-order chi connectivity index (χ0) is 14.8. The van der Waals surface area contributed by atoms with Crippen molar-refractivity contribution in [2.45, 2.75) is 32.3 Å². The number of hydrogen-bond acceptors (Lipinski definition) is 5. The van der Waals surface area contributed by atoms with Gasteiger partial charge in [0.1, 0.15) is 6.79 Å². The van der Waals surface area contributed by atoms with Crippen molar-refractivity contribution in [2.24, 2.45) is 0 Å². The van der Waals surface area contributed by atoms with E-state index >= 15 is 0 Å². The lowest BCUT2D eigenvalue weighted by atomic mass is 10.2. The molecule has 2 atom stereocenters. The topological polar surface area (TPSA) is 85.2 Å². The first kappa shape index (κ1) is 16.6. The van der Waals surface area contributed by atoms with Gasteiger partial charge in [-0.2, -0.15) is 0 Å². The molecule has 0 spiro atoms. The van der Waals surface area contributed by atoms with Crippen molar-refractivity contribution in [2.75, 3.05) is 13.4 Å². The fourth-order valence-corrected chi connectivity index (χ4v) is 1.44. The van der Waals surface area contributed by atoms with Crippen LogP contribution in [-0.2, 0) is 25.6 Å². The van der Waals surface area contributed by atoms with E-state index in [1.807, 2.05) is 25.1 Å². The van der Waals surface area contributed by atoms with Crippen LogP contribution in [0.3, 0.4) is 0 Å². The van der Waals surface area contributed by atoms with Gasteiger partial charge >= 0.3 is 5.97 Å². The maximum atomic E-state index is 11.0. The highest BCUT2D eigenvalue weighted by Gasteiger charge is 2.28. The molecule has 1 aromatic rings. The van der Waals surface area contributed by atoms with Gasteiger partial charge in [0, 0.05) is 6.61 Å². The summed E-state index contributed by atoms with van der Waals surface area (Å²) < 4.78 is 15.1. The number of benzene rings is 1. The first-order valence-corrected chi connectivity index (χ1v) is 6.41. The van der Waals surface area contributed by atoms with Crippen LogP contribution in [-0.4, -0.2) is 42.0 Å². The van der Waals surface area contributed by atoms with Crippen LogP contribution >= 0.6 is 0 Å². The molecular formula is C14H20O6. The number of carboxylic acids is 1. The lowest BCUT2D eigenvalue weighted by Gasteiger charge is -2.20. The highest BCUT2D eigenvalue weighted by Crippen LogP contribution is 2.08. The third-order valence-electron chi connectivity index (χ3n) is 2.45. The summed E-state index contributed by atoms with van der Waals surface area (Å²) in [6.45, 7) is 2.32. The number of carbonyl (C=O) groups is 1. The standard InChI is InChI=1S/C14H20O6/c1-2-8-18-10-20-14(17)12(13(15)16)19-9-11-6-4-3-5-7-11/h3-7,12,14,17H,2,8-10H2,1H3,(H,15,16). The van der Waals surface area contributed by atoms with Crippen molar-refractivity contribution in [3.8, 4) is 0 Å². The highest BCUT2D eigenvalue weighted by atomic mass is 16.7. The normalized spacial score (nSPS) is 13.9.